The van der Waals surface area contributed by atoms with Gasteiger partial charge in [-0.15, -0.1) is 10.2 Å². The highest BCUT2D eigenvalue weighted by molar-refractivity contribution is 4.98. The fourth-order valence-corrected chi connectivity index (χ4v) is 1.69. The fourth-order valence-electron chi connectivity index (χ4n) is 1.69. The average Bonchev–Trinajstić information content (AvgIpc) is 2.47. The second kappa shape index (κ2) is 2.86. The van der Waals surface area contributed by atoms with Crippen molar-refractivity contribution in [3.05, 3.63) is 11.6 Å². The Morgan fingerprint density at radius 2 is 2.42 bits per heavy atom. The molecule has 66 valence electrons. The van der Waals surface area contributed by atoms with Crippen LogP contribution in [0.2, 0.25) is 0 Å². The third kappa shape index (κ3) is 1.12. The summed E-state index contributed by atoms with van der Waals surface area (Å²) in [5.74, 6) is 2.40. The molecule has 2 rings (SSSR count). The van der Waals surface area contributed by atoms with Crippen LogP contribution in [0.3, 0.4) is 0 Å². The zero-order valence-electron chi connectivity index (χ0n) is 7.19. The molecule has 2 heterocycles. The molecular weight excluding hydrogens is 154 g/mol. The standard InChI is InChI=1S/C8H13N3O/c1-6-9-10-8-4-7(5-12)2-3-11(6)8/h7,12H,2-5H2,1H3. The Balaban J connectivity index is 2.24. The number of aliphatic hydroxyl groups is 1. The van der Waals surface area contributed by atoms with Crippen LogP contribution >= 0.6 is 0 Å². The van der Waals surface area contributed by atoms with Crippen molar-refractivity contribution in [3.63, 3.8) is 0 Å². The van der Waals surface area contributed by atoms with Gasteiger partial charge in [-0.2, -0.15) is 0 Å². The van der Waals surface area contributed by atoms with Gasteiger partial charge in [0.2, 0.25) is 0 Å². The maximum absolute atomic E-state index is 8.97. The van der Waals surface area contributed by atoms with Crippen LogP contribution in [0.1, 0.15) is 18.1 Å². The summed E-state index contributed by atoms with van der Waals surface area (Å²) in [6.45, 7) is 3.20. The number of fused-ring (bicyclic) bond motifs is 1. The summed E-state index contributed by atoms with van der Waals surface area (Å²) in [5.41, 5.74) is 0. The lowest BCUT2D eigenvalue weighted by atomic mass is 9.99. The van der Waals surface area contributed by atoms with Gasteiger partial charge in [0, 0.05) is 19.6 Å². The molecule has 1 aliphatic heterocycles. The first-order valence-electron chi connectivity index (χ1n) is 4.31. The van der Waals surface area contributed by atoms with Crippen molar-refractivity contribution in [3.8, 4) is 0 Å². The zero-order valence-corrected chi connectivity index (χ0v) is 7.19. The zero-order chi connectivity index (χ0) is 8.55. The number of aliphatic hydroxyl groups excluding tert-OH is 1. The molecule has 0 aromatic carbocycles. The number of aryl methyl sites for hydroxylation is 1. The summed E-state index contributed by atoms with van der Waals surface area (Å²) >= 11 is 0. The Kier molecular flexibility index (Phi) is 1.84. The lowest BCUT2D eigenvalue weighted by molar-refractivity contribution is 0.199. The third-order valence-electron chi connectivity index (χ3n) is 2.50. The molecule has 0 fully saturated rings. The SMILES string of the molecule is Cc1nnc2n1CCC(CO)C2. The molecule has 1 N–H and O–H groups in total. The van der Waals surface area contributed by atoms with E-state index in [9.17, 15) is 0 Å². The number of rotatable bonds is 1. The third-order valence-corrected chi connectivity index (χ3v) is 2.50. The van der Waals surface area contributed by atoms with E-state index in [4.69, 9.17) is 5.11 Å². The Bertz CT molecular complexity index is 282. The van der Waals surface area contributed by atoms with Crippen molar-refractivity contribution in [1.29, 1.82) is 0 Å². The molecule has 1 aliphatic rings. The molecule has 1 unspecified atom stereocenters. The van der Waals surface area contributed by atoms with Crippen LogP contribution in [0.15, 0.2) is 0 Å². The first-order valence-corrected chi connectivity index (χ1v) is 4.31. The van der Waals surface area contributed by atoms with Crippen LogP contribution in [0.25, 0.3) is 0 Å². The number of hydrogen-bond donors (Lipinski definition) is 1. The van der Waals surface area contributed by atoms with E-state index in [0.717, 1.165) is 31.0 Å². The smallest absolute Gasteiger partial charge is 0.133 e. The molecule has 4 nitrogen and oxygen atoms in total. The first kappa shape index (κ1) is 7.73. The highest BCUT2D eigenvalue weighted by Crippen LogP contribution is 2.18. The maximum Gasteiger partial charge on any atom is 0.133 e. The molecule has 0 saturated carbocycles. The van der Waals surface area contributed by atoms with Gasteiger partial charge in [-0.25, -0.2) is 0 Å². The summed E-state index contributed by atoms with van der Waals surface area (Å²) < 4.78 is 2.13. The van der Waals surface area contributed by atoms with Crippen molar-refractivity contribution in [2.75, 3.05) is 6.61 Å². The highest BCUT2D eigenvalue weighted by Gasteiger charge is 2.20. The van der Waals surface area contributed by atoms with E-state index >= 15 is 0 Å². The molecule has 1 aromatic heterocycles. The van der Waals surface area contributed by atoms with Gasteiger partial charge in [0.25, 0.3) is 0 Å². The summed E-state index contributed by atoms with van der Waals surface area (Å²) in [7, 11) is 0. The molecule has 12 heavy (non-hydrogen) atoms. The topological polar surface area (TPSA) is 50.9 Å². The van der Waals surface area contributed by atoms with Gasteiger partial charge < -0.3 is 9.67 Å². The minimum absolute atomic E-state index is 0.270. The van der Waals surface area contributed by atoms with Crippen molar-refractivity contribution in [2.24, 2.45) is 5.92 Å². The lowest BCUT2D eigenvalue weighted by Crippen LogP contribution is -2.22. The summed E-state index contributed by atoms with van der Waals surface area (Å²) in [6.07, 6.45) is 1.92. The molecule has 1 atom stereocenters. The summed E-state index contributed by atoms with van der Waals surface area (Å²) in [5, 5.41) is 17.0. The number of hydrogen-bond acceptors (Lipinski definition) is 3. The van der Waals surface area contributed by atoms with Gasteiger partial charge in [-0.1, -0.05) is 0 Å². The van der Waals surface area contributed by atoms with E-state index in [2.05, 4.69) is 14.8 Å². The molecule has 0 amide bonds. The molecular formula is C8H13N3O. The first-order chi connectivity index (χ1) is 5.81. The van der Waals surface area contributed by atoms with Crippen molar-refractivity contribution < 1.29 is 5.11 Å². The van der Waals surface area contributed by atoms with Crippen LogP contribution in [-0.2, 0) is 13.0 Å². The van der Waals surface area contributed by atoms with Crippen LogP contribution in [0, 0.1) is 12.8 Å². The molecule has 0 spiro atoms. The summed E-state index contributed by atoms with van der Waals surface area (Å²) in [6, 6.07) is 0. The van der Waals surface area contributed by atoms with E-state index in [1.807, 2.05) is 6.92 Å². The Labute approximate surface area is 71.2 Å². The Morgan fingerprint density at radius 3 is 3.17 bits per heavy atom. The molecule has 0 aliphatic carbocycles. The van der Waals surface area contributed by atoms with E-state index in [1.54, 1.807) is 0 Å². The van der Waals surface area contributed by atoms with Gasteiger partial charge in [-0.3, -0.25) is 0 Å². The second-order valence-corrected chi connectivity index (χ2v) is 3.36. The lowest BCUT2D eigenvalue weighted by Gasteiger charge is -2.21. The van der Waals surface area contributed by atoms with Gasteiger partial charge in [0.15, 0.2) is 0 Å². The van der Waals surface area contributed by atoms with Gasteiger partial charge in [-0.05, 0) is 19.3 Å². The monoisotopic (exact) mass is 167 g/mol. The fraction of sp³-hybridized carbons (Fsp3) is 0.750. The van der Waals surface area contributed by atoms with E-state index in [0.29, 0.717) is 5.92 Å². The molecule has 4 heteroatoms. The Morgan fingerprint density at radius 1 is 1.58 bits per heavy atom. The summed E-state index contributed by atoms with van der Waals surface area (Å²) in [4.78, 5) is 0. The van der Waals surface area contributed by atoms with Crippen molar-refractivity contribution in [2.45, 2.75) is 26.3 Å². The normalized spacial score (nSPS) is 22.3. The molecule has 0 saturated heterocycles. The minimum Gasteiger partial charge on any atom is -0.396 e. The van der Waals surface area contributed by atoms with Gasteiger partial charge in [0.1, 0.15) is 11.6 Å². The van der Waals surface area contributed by atoms with Gasteiger partial charge >= 0.3 is 0 Å². The Hall–Kier alpha value is -0.900. The average molecular weight is 167 g/mol. The predicted molar refractivity (Wildman–Crippen MR) is 43.7 cm³/mol. The van der Waals surface area contributed by atoms with E-state index in [-0.39, 0.29) is 6.61 Å². The van der Waals surface area contributed by atoms with Gasteiger partial charge in [0.05, 0.1) is 0 Å². The largest absolute Gasteiger partial charge is 0.396 e. The molecule has 0 bridgehead atoms. The maximum atomic E-state index is 8.97. The molecule has 0 radical (unpaired) electrons. The number of nitrogens with zero attached hydrogens (tertiary/aromatic N) is 3. The van der Waals surface area contributed by atoms with Crippen LogP contribution in [-0.4, -0.2) is 26.5 Å². The quantitative estimate of drug-likeness (QED) is 0.647. The van der Waals surface area contributed by atoms with Crippen molar-refractivity contribution >= 4 is 0 Å². The van der Waals surface area contributed by atoms with Crippen LogP contribution < -0.4 is 0 Å². The minimum atomic E-state index is 0.270. The second-order valence-electron chi connectivity index (χ2n) is 3.36. The van der Waals surface area contributed by atoms with Crippen LogP contribution in [0.4, 0.5) is 0 Å². The van der Waals surface area contributed by atoms with E-state index in [1.165, 1.54) is 0 Å². The van der Waals surface area contributed by atoms with Crippen LogP contribution in [0.5, 0.6) is 0 Å². The number of aromatic nitrogens is 3. The van der Waals surface area contributed by atoms with E-state index < -0.39 is 0 Å². The predicted octanol–water partition coefficient (Wildman–Crippen LogP) is 0.141. The van der Waals surface area contributed by atoms with Crippen molar-refractivity contribution in [1.82, 2.24) is 14.8 Å². The molecule has 1 aromatic rings. The highest BCUT2D eigenvalue weighted by atomic mass is 16.3.